The van der Waals surface area contributed by atoms with Crippen LogP contribution in [0.25, 0.3) is 0 Å². The van der Waals surface area contributed by atoms with E-state index in [4.69, 9.17) is 9.39 Å². The number of rotatable bonds is 5. The molecule has 0 radical (unpaired) electrons. The molecule has 1 aromatic rings. The quantitative estimate of drug-likeness (QED) is 0.798. The van der Waals surface area contributed by atoms with E-state index in [2.05, 4.69) is 5.10 Å². The molecule has 0 unspecified atom stereocenters. The second kappa shape index (κ2) is 6.32. The smallest absolute Gasteiger partial charge is 0.422 e. The van der Waals surface area contributed by atoms with E-state index in [9.17, 15) is 10.1 Å². The molecule has 2 heterocycles. The van der Waals surface area contributed by atoms with Crippen molar-refractivity contribution in [1.82, 2.24) is 9.78 Å². The molecule has 0 aliphatic carbocycles. The highest BCUT2D eigenvalue weighted by atomic mass is 16.6. The van der Waals surface area contributed by atoms with Crippen LogP contribution in [-0.2, 0) is 9.39 Å². The highest BCUT2D eigenvalue weighted by Crippen LogP contribution is 2.26. The number of aryl methyl sites for hydroxylation is 1. The Balaban J connectivity index is 2.21. The monoisotopic (exact) mass is 310 g/mol. The van der Waals surface area contributed by atoms with Gasteiger partial charge < -0.3 is 19.5 Å². The lowest BCUT2D eigenvalue weighted by Crippen LogP contribution is -2.54. The van der Waals surface area contributed by atoms with Crippen LogP contribution in [0.2, 0.25) is 0 Å². The Kier molecular flexibility index (Phi) is 5.01. The van der Waals surface area contributed by atoms with Gasteiger partial charge in [0.05, 0.1) is 22.5 Å². The maximum absolute atomic E-state index is 10.5. The molecule has 0 saturated carbocycles. The average molecular weight is 310 g/mol. The average Bonchev–Trinajstić information content (AvgIpc) is 2.80. The van der Waals surface area contributed by atoms with Crippen molar-refractivity contribution < 1.29 is 19.5 Å². The summed E-state index contributed by atoms with van der Waals surface area (Å²) in [5.41, 5.74) is -0.646. The molecule has 1 atom stereocenters. The van der Waals surface area contributed by atoms with Crippen LogP contribution < -0.4 is 5.59 Å². The minimum Gasteiger partial charge on any atom is -0.422 e. The third-order valence-corrected chi connectivity index (χ3v) is 4.45. The van der Waals surface area contributed by atoms with Gasteiger partial charge in [-0.05, 0) is 59.9 Å². The Morgan fingerprint density at radius 2 is 2.05 bits per heavy atom. The van der Waals surface area contributed by atoms with E-state index in [1.807, 2.05) is 6.92 Å². The molecule has 7 heteroatoms. The van der Waals surface area contributed by atoms with E-state index in [1.54, 1.807) is 38.4 Å². The van der Waals surface area contributed by atoms with Gasteiger partial charge in [-0.3, -0.25) is 0 Å². The molecule has 1 fully saturated rings. The normalized spacial score (nSPS) is 20.2. The summed E-state index contributed by atoms with van der Waals surface area (Å²) in [6.07, 6.45) is 2.84. The van der Waals surface area contributed by atoms with Gasteiger partial charge in [0.2, 0.25) is 0 Å². The van der Waals surface area contributed by atoms with Crippen LogP contribution in [0, 0.1) is 6.92 Å². The molecule has 1 aliphatic heterocycles. The zero-order chi connectivity index (χ0) is 16.5. The predicted molar refractivity (Wildman–Crippen MR) is 84.9 cm³/mol. The first kappa shape index (κ1) is 17.5. The van der Waals surface area contributed by atoms with Crippen molar-refractivity contribution in [2.24, 2.45) is 0 Å². The van der Waals surface area contributed by atoms with E-state index in [1.165, 1.54) is 0 Å². The molecule has 2 N–H and O–H groups in total. The first-order chi connectivity index (χ1) is 10.1. The van der Waals surface area contributed by atoms with Gasteiger partial charge in [0.25, 0.3) is 0 Å². The molecular formula is C15H27BN2O4. The molecule has 22 heavy (non-hydrogen) atoms. The third kappa shape index (κ3) is 3.71. The van der Waals surface area contributed by atoms with Crippen LogP contribution in [0.1, 0.15) is 58.9 Å². The van der Waals surface area contributed by atoms with Crippen molar-refractivity contribution >= 4 is 12.7 Å². The Morgan fingerprint density at radius 3 is 2.59 bits per heavy atom. The fourth-order valence-electron chi connectivity index (χ4n) is 2.35. The van der Waals surface area contributed by atoms with Crippen LogP contribution in [0.15, 0.2) is 6.07 Å². The van der Waals surface area contributed by atoms with E-state index >= 15 is 0 Å². The van der Waals surface area contributed by atoms with Gasteiger partial charge >= 0.3 is 7.12 Å². The van der Waals surface area contributed by atoms with E-state index < -0.39 is 18.3 Å². The fourth-order valence-corrected chi connectivity index (χ4v) is 2.35. The molecule has 0 amide bonds. The topological polar surface area (TPSA) is 76.7 Å². The van der Waals surface area contributed by atoms with Crippen LogP contribution in [0.5, 0.6) is 0 Å². The number of nitrogens with zero attached hydrogens (tertiary/aromatic N) is 2. The standard InChI is InChI=1S/C15H27BN2O4/c1-11-10-12(16(20)22-15(4,5)14(2,3)19)18(17-11)13-8-6-7-9-21-13/h10,13,19-20H,6-9H2,1-5H3/t13-/m0/s1. The maximum Gasteiger partial charge on any atom is 0.511 e. The first-order valence-electron chi connectivity index (χ1n) is 7.88. The van der Waals surface area contributed by atoms with Gasteiger partial charge in [0, 0.05) is 6.61 Å². The summed E-state index contributed by atoms with van der Waals surface area (Å²) in [7, 11) is -1.17. The second-order valence-electron chi connectivity index (χ2n) is 7.02. The predicted octanol–water partition coefficient (Wildman–Crippen LogP) is 1.14. The second-order valence-corrected chi connectivity index (χ2v) is 7.02. The highest BCUT2D eigenvalue weighted by molar-refractivity contribution is 6.59. The van der Waals surface area contributed by atoms with Crippen molar-refractivity contribution in [3.8, 4) is 0 Å². The largest absolute Gasteiger partial charge is 0.511 e. The molecular weight excluding hydrogens is 283 g/mol. The van der Waals surface area contributed by atoms with Crippen molar-refractivity contribution in [2.75, 3.05) is 6.61 Å². The zero-order valence-corrected chi connectivity index (χ0v) is 14.2. The minimum absolute atomic E-state index is 0.166. The highest BCUT2D eigenvalue weighted by Gasteiger charge is 2.41. The summed E-state index contributed by atoms with van der Waals surface area (Å²) in [6.45, 7) is 9.40. The summed E-state index contributed by atoms with van der Waals surface area (Å²) >= 11 is 0. The number of hydrogen-bond donors (Lipinski definition) is 2. The molecule has 1 saturated heterocycles. The summed E-state index contributed by atoms with van der Waals surface area (Å²) in [5, 5.41) is 25.1. The summed E-state index contributed by atoms with van der Waals surface area (Å²) in [6, 6.07) is 1.79. The van der Waals surface area contributed by atoms with Crippen LogP contribution >= 0.6 is 0 Å². The summed E-state index contributed by atoms with van der Waals surface area (Å²) in [4.78, 5) is 0. The molecule has 6 nitrogen and oxygen atoms in total. The van der Waals surface area contributed by atoms with E-state index in [0.717, 1.165) is 25.0 Å². The van der Waals surface area contributed by atoms with E-state index in [-0.39, 0.29) is 6.23 Å². The van der Waals surface area contributed by atoms with Crippen molar-refractivity contribution in [3.05, 3.63) is 11.8 Å². The molecule has 124 valence electrons. The van der Waals surface area contributed by atoms with Crippen LogP contribution in [0.3, 0.4) is 0 Å². The number of aliphatic hydroxyl groups is 1. The number of aromatic nitrogens is 2. The Hall–Kier alpha value is -0.885. The lowest BCUT2D eigenvalue weighted by Gasteiger charge is -2.38. The van der Waals surface area contributed by atoms with Crippen molar-refractivity contribution in [2.45, 2.75) is 71.3 Å². The van der Waals surface area contributed by atoms with Crippen molar-refractivity contribution in [1.29, 1.82) is 0 Å². The number of ether oxygens (including phenoxy) is 1. The van der Waals surface area contributed by atoms with Gasteiger partial charge in [-0.25, -0.2) is 4.68 Å². The minimum atomic E-state index is -1.17. The Bertz CT molecular complexity index is 504. The SMILES string of the molecule is Cc1cc(B(O)OC(C)(C)C(C)(C)O)n([C@@H]2CCCCO2)n1. The van der Waals surface area contributed by atoms with Gasteiger partial charge in [0.15, 0.2) is 0 Å². The summed E-state index contributed by atoms with van der Waals surface area (Å²) < 4.78 is 13.2. The van der Waals surface area contributed by atoms with Crippen LogP contribution in [-0.4, -0.2) is 44.8 Å². The molecule has 1 aliphatic rings. The molecule has 0 bridgehead atoms. The molecule has 2 rings (SSSR count). The maximum atomic E-state index is 10.5. The summed E-state index contributed by atoms with van der Waals surface area (Å²) in [5.74, 6) is 0. The molecule has 1 aromatic heterocycles. The molecule has 0 spiro atoms. The third-order valence-electron chi connectivity index (χ3n) is 4.45. The number of hydrogen-bond acceptors (Lipinski definition) is 5. The fraction of sp³-hybridized carbons (Fsp3) is 0.800. The van der Waals surface area contributed by atoms with Gasteiger partial charge in [0.1, 0.15) is 6.23 Å². The first-order valence-corrected chi connectivity index (χ1v) is 7.88. The Labute approximate surface area is 132 Å². The van der Waals surface area contributed by atoms with Crippen molar-refractivity contribution in [3.63, 3.8) is 0 Å². The van der Waals surface area contributed by atoms with E-state index in [0.29, 0.717) is 12.2 Å². The van der Waals surface area contributed by atoms with Gasteiger partial charge in [-0.15, -0.1) is 0 Å². The Morgan fingerprint density at radius 1 is 1.36 bits per heavy atom. The van der Waals surface area contributed by atoms with Crippen LogP contribution in [0.4, 0.5) is 0 Å². The molecule has 0 aromatic carbocycles. The lowest BCUT2D eigenvalue weighted by atomic mass is 9.80. The zero-order valence-electron chi connectivity index (χ0n) is 14.2. The van der Waals surface area contributed by atoms with Gasteiger partial charge in [-0.1, -0.05) is 0 Å². The lowest BCUT2D eigenvalue weighted by molar-refractivity contribution is -0.0988. The van der Waals surface area contributed by atoms with Gasteiger partial charge in [-0.2, -0.15) is 5.10 Å².